The molecule has 2 bridgehead atoms. The van der Waals surface area contributed by atoms with Crippen LogP contribution in [0.5, 0.6) is 17.4 Å². The van der Waals surface area contributed by atoms with E-state index in [1.54, 1.807) is 61.2 Å². The van der Waals surface area contributed by atoms with Crippen LogP contribution in [0.15, 0.2) is 202 Å². The number of fused-ring (bicyclic) bond motifs is 2. The lowest BCUT2D eigenvalue weighted by molar-refractivity contribution is 0.0524. The molecule has 2 atom stereocenters. The van der Waals surface area contributed by atoms with Crippen molar-refractivity contribution in [3.63, 3.8) is 0 Å². The lowest BCUT2D eigenvalue weighted by Gasteiger charge is -2.49. The molecule has 0 saturated carbocycles. The van der Waals surface area contributed by atoms with E-state index in [9.17, 15) is 36.6 Å². The van der Waals surface area contributed by atoms with E-state index < -0.39 is 34.9 Å². The summed E-state index contributed by atoms with van der Waals surface area (Å²) in [6, 6.07) is 38.5. The molecule has 5 aromatic carbocycles. The van der Waals surface area contributed by atoms with E-state index in [1.165, 1.54) is 80.6 Å². The number of nitrogens with zero attached hydrogens (tertiary/aromatic N) is 17. The Bertz CT molecular complexity index is 6680. The Morgan fingerprint density at radius 2 is 0.727 bits per heavy atom. The van der Waals surface area contributed by atoms with Crippen molar-refractivity contribution in [3.05, 3.63) is 248 Å². The van der Waals surface area contributed by atoms with Crippen molar-refractivity contribution in [3.8, 4) is 129 Å². The third-order valence-electron chi connectivity index (χ3n) is 27.0. The molecule has 30 nitrogen and oxygen atoms in total. The van der Waals surface area contributed by atoms with Crippen LogP contribution in [-0.2, 0) is 6.42 Å². The largest absolute Gasteiger partial charge is 0.507 e. The number of halogens is 6. The topological polar surface area (TPSA) is 389 Å². The highest BCUT2D eigenvalue weighted by molar-refractivity contribution is 5.78. The molecule has 6 aliphatic rings. The first-order chi connectivity index (χ1) is 68.3. The zero-order valence-electron chi connectivity index (χ0n) is 82.6. The third-order valence-corrected chi connectivity index (χ3v) is 27.0. The van der Waals surface area contributed by atoms with E-state index >= 15 is 0 Å². The van der Waals surface area contributed by atoms with Gasteiger partial charge in [0.25, 0.3) is 0 Å². The van der Waals surface area contributed by atoms with Crippen LogP contribution in [0.2, 0.25) is 0 Å². The summed E-state index contributed by atoms with van der Waals surface area (Å²) < 4.78 is 94.0. The number of piperidine rings is 4. The van der Waals surface area contributed by atoms with Gasteiger partial charge in [0.15, 0.2) is 23.3 Å². The lowest BCUT2D eigenvalue weighted by Crippen LogP contribution is -2.62. The Labute approximate surface area is 826 Å². The molecule has 0 radical (unpaired) electrons. The van der Waals surface area contributed by atoms with Gasteiger partial charge in [-0.2, -0.15) is 40.8 Å². The maximum Gasteiger partial charge on any atom is 0.233 e. The van der Waals surface area contributed by atoms with Gasteiger partial charge >= 0.3 is 0 Å². The lowest BCUT2D eigenvalue weighted by atomic mass is 9.79. The highest BCUT2D eigenvalue weighted by Crippen LogP contribution is 2.42. The SMILES string of the molecule is CC1(C)CC(Oc2ccc(-c3cc(F)c(-c4cn[nH]c4)cc3F)nn2)CC(C)(C)N1.CN(c1ccc(-c2cc(F)c(-c3cn[nH]c3)cc2F)nn1)C1CC(C)(C)NC(C)(C)C1.CN(c1ccc(-c2ccc(-c3cn[nH]c3)c(F)c2F)nn1)C1CC(C)(C)NC(C)(C)C1.Oc1cc(-c2cn[nH]c2)ccc1-c1ccc(C2=CC3CCC(C2)N3)nn1.Oc1cc(-c2cn[nH]c2)ccc1-c1ccc(CC2CCNCC2)nn1. The molecule has 0 amide bonds. The Morgan fingerprint density at radius 1 is 0.357 bits per heavy atom. The number of phenolic OH excluding ortho intramolecular Hbond substituents is 2. The second kappa shape index (κ2) is 42.1. The Kier molecular flexibility index (Phi) is 29.5. The number of aromatic amines is 5. The summed E-state index contributed by atoms with van der Waals surface area (Å²) in [4.78, 5) is 4.25. The zero-order valence-corrected chi connectivity index (χ0v) is 82.6. The van der Waals surface area contributed by atoms with Gasteiger partial charge in [0.2, 0.25) is 5.88 Å². The minimum atomic E-state index is -0.948. The summed E-state index contributed by atoms with van der Waals surface area (Å²) in [7, 11) is 4.01. The zero-order chi connectivity index (χ0) is 101. The number of H-pyrrole nitrogens is 5. The number of benzene rings is 5. The first kappa shape index (κ1) is 100. The highest BCUT2D eigenvalue weighted by Gasteiger charge is 2.43. The van der Waals surface area contributed by atoms with Crippen LogP contribution in [0.25, 0.3) is 117 Å². The Balaban J connectivity index is 0.000000123. The van der Waals surface area contributed by atoms with Crippen molar-refractivity contribution in [2.75, 3.05) is 37.0 Å². The van der Waals surface area contributed by atoms with Crippen molar-refractivity contribution in [2.24, 2.45) is 5.92 Å². The van der Waals surface area contributed by atoms with Crippen LogP contribution in [0.1, 0.15) is 165 Å². The van der Waals surface area contributed by atoms with E-state index in [0.717, 1.165) is 122 Å². The quantitative estimate of drug-likeness (QED) is 0.0335. The maximum absolute atomic E-state index is 14.8. The molecule has 36 heteroatoms. The van der Waals surface area contributed by atoms with Crippen molar-refractivity contribution < 1.29 is 41.3 Å². The summed E-state index contributed by atoms with van der Waals surface area (Å²) in [6.07, 6.45) is 30.5. The van der Waals surface area contributed by atoms with E-state index in [-0.39, 0.29) is 102 Å². The summed E-state index contributed by atoms with van der Waals surface area (Å²) in [6.45, 7) is 28.4. The number of phenols is 2. The molecule has 6 aliphatic heterocycles. The molecule has 2 unspecified atom stereocenters. The van der Waals surface area contributed by atoms with E-state index in [2.05, 4.69) is 228 Å². The second-order valence-corrected chi connectivity index (χ2v) is 41.8. The number of hydrogen-bond acceptors (Lipinski definition) is 25. The molecule has 10 aromatic heterocycles. The Morgan fingerprint density at radius 3 is 1.14 bits per heavy atom. The monoisotopic (exact) mass is 1950 g/mol. The molecule has 5 saturated heterocycles. The molecule has 12 N–H and O–H groups in total. The predicted molar refractivity (Wildman–Crippen MR) is 541 cm³/mol. The number of nitrogens with one attached hydrogen (secondary N) is 10. The van der Waals surface area contributed by atoms with Gasteiger partial charge in [-0.05, 0) is 292 Å². The molecule has 0 spiro atoms. The van der Waals surface area contributed by atoms with Gasteiger partial charge in [0.05, 0.1) is 70.8 Å². The van der Waals surface area contributed by atoms with Crippen molar-refractivity contribution in [2.45, 2.75) is 224 Å². The van der Waals surface area contributed by atoms with Crippen molar-refractivity contribution >= 4 is 17.2 Å². The minimum Gasteiger partial charge on any atom is -0.507 e. The fraction of sp³-hybridized carbons (Fsp3) is 0.374. The number of rotatable bonds is 19. The van der Waals surface area contributed by atoms with Gasteiger partial charge in [0.1, 0.15) is 40.9 Å². The van der Waals surface area contributed by atoms with Crippen LogP contribution in [0, 0.1) is 40.8 Å². The fourth-order valence-corrected chi connectivity index (χ4v) is 21.1. The molecular formula is C107H121F6N27O3. The number of hydrogen-bond donors (Lipinski definition) is 12. The molecule has 21 rings (SSSR count). The van der Waals surface area contributed by atoms with E-state index in [1.807, 2.05) is 74.8 Å². The summed E-state index contributed by atoms with van der Waals surface area (Å²) in [5.41, 5.74) is 12.4. The summed E-state index contributed by atoms with van der Waals surface area (Å²) >= 11 is 0. The van der Waals surface area contributed by atoms with Crippen LogP contribution in [0.4, 0.5) is 38.0 Å². The van der Waals surface area contributed by atoms with Gasteiger partial charge < -0.3 is 51.3 Å². The molecule has 5 fully saturated rings. The molecule has 0 aliphatic carbocycles. The van der Waals surface area contributed by atoms with Gasteiger partial charge in [-0.3, -0.25) is 25.5 Å². The number of aromatic hydroxyl groups is 2. The van der Waals surface area contributed by atoms with Crippen molar-refractivity contribution in [1.29, 1.82) is 0 Å². The average Bonchev–Trinajstić information content (AvgIpc) is 1.59. The molecular weight excluding hydrogens is 1830 g/mol. The molecule has 744 valence electrons. The van der Waals surface area contributed by atoms with Crippen LogP contribution in [0.3, 0.4) is 0 Å². The molecule has 16 heterocycles. The Hall–Kier alpha value is -14.3. The average molecular weight is 1950 g/mol. The number of anilines is 2. The van der Waals surface area contributed by atoms with Gasteiger partial charge in [0, 0.05) is 194 Å². The third kappa shape index (κ3) is 24.5. The number of aromatic nitrogens is 20. The van der Waals surface area contributed by atoms with E-state index in [0.29, 0.717) is 86.1 Å². The smallest absolute Gasteiger partial charge is 0.233 e. The first-order valence-corrected chi connectivity index (χ1v) is 48.2. The number of ether oxygens (including phenoxy) is 1. The summed E-state index contributed by atoms with van der Waals surface area (Å²) in [5, 5.41) is 114. The van der Waals surface area contributed by atoms with Crippen LogP contribution in [-0.4, -0.2) is 203 Å². The second-order valence-electron chi connectivity index (χ2n) is 41.8. The van der Waals surface area contributed by atoms with Gasteiger partial charge in [-0.1, -0.05) is 24.3 Å². The summed E-state index contributed by atoms with van der Waals surface area (Å²) in [5.74, 6) is -1.28. The molecule has 143 heavy (non-hydrogen) atoms. The normalized spacial score (nSPS) is 18.3. The van der Waals surface area contributed by atoms with E-state index in [4.69, 9.17) is 4.74 Å². The van der Waals surface area contributed by atoms with Gasteiger partial charge in [-0.15, -0.1) is 35.7 Å². The first-order valence-electron chi connectivity index (χ1n) is 48.2. The maximum atomic E-state index is 14.8. The minimum absolute atomic E-state index is 0.00539. The standard InChI is InChI=1S/2C23H28F2N6.C22H25F2N5O.C20H19N5O.C19H21N5O/c1-22(2)10-15(11-23(3,4)30-22)31(5)21-7-6-20(28-29-21)17-9-18(24)16(8-19(17)25)14-12-26-27-13-14;1-22(2)10-15(11-23(3,4)30-22)31(5)19-9-8-18(28-29-19)17-7-6-16(20(24)21(17)25)14-12-26-27-13-14;1-21(2)9-14(10-22(3,4)29-21)30-20-6-5-19(27-28-20)16-8-17(23)15(7-18(16)24)13-11-25-26-12-13;26-20-9-12(14-10-21-22-11-14)1-4-17(20)19-6-5-18(24-25-19)13-7-15-2-3-16(8-13)23-15;25-19-10-14(15-11-21-22-12-15)1-3-17(19)18-4-2-16(23-24-18)9-13-5-7-20-8-6-13/h2*6-9,12-13,15,30H,10-11H2,1-5H3,(H,26,27);5-8,11-12,14,29H,9-10H2,1-4H3,(H,25,26);1,4-7,9-11,15-16,23,26H,2-3,8H2,(H,21,22);1-4,10-13,20,25H,5-9H2,(H,21,22). The molecule has 15 aromatic rings. The highest BCUT2D eigenvalue weighted by atomic mass is 19.2. The van der Waals surface area contributed by atoms with Crippen LogP contribution >= 0.6 is 0 Å². The van der Waals surface area contributed by atoms with Crippen LogP contribution < -0.4 is 41.1 Å². The fourth-order valence-electron chi connectivity index (χ4n) is 21.1. The van der Waals surface area contributed by atoms with Gasteiger partial charge in [-0.25, -0.2) is 26.3 Å². The van der Waals surface area contributed by atoms with Crippen molar-refractivity contribution in [1.82, 2.24) is 129 Å². The predicted octanol–water partition coefficient (Wildman–Crippen LogP) is 19.5.